The molecule has 2 fully saturated rings. The first-order valence-electron chi connectivity index (χ1n) is 10.6. The number of hydrogen-bond donors (Lipinski definition) is 0. The molecule has 166 valence electrons. The van der Waals surface area contributed by atoms with E-state index in [4.69, 9.17) is 4.74 Å². The van der Waals surface area contributed by atoms with Crippen LogP contribution in [0.3, 0.4) is 0 Å². The van der Waals surface area contributed by atoms with Crippen molar-refractivity contribution in [3.8, 4) is 5.75 Å². The maximum Gasteiger partial charge on any atom is 0.245 e. The highest BCUT2D eigenvalue weighted by atomic mass is 32.2. The number of likely N-dealkylation sites (tertiary alicyclic amines) is 1. The maximum atomic E-state index is 14.0. The number of amides is 1. The van der Waals surface area contributed by atoms with Gasteiger partial charge in [0.25, 0.3) is 0 Å². The molecule has 2 heterocycles. The molecule has 0 saturated carbocycles. The van der Waals surface area contributed by atoms with Gasteiger partial charge >= 0.3 is 0 Å². The van der Waals surface area contributed by atoms with Crippen molar-refractivity contribution >= 4 is 15.9 Å². The van der Waals surface area contributed by atoms with Crippen LogP contribution in [-0.2, 0) is 14.8 Å². The Bertz CT molecular complexity index is 1030. The van der Waals surface area contributed by atoms with Crippen molar-refractivity contribution < 1.29 is 22.3 Å². The monoisotopic (exact) mass is 446 g/mol. The molecular formula is C23H27FN2O4S. The molecule has 1 unspecified atom stereocenters. The molecular weight excluding hydrogens is 419 g/mol. The topological polar surface area (TPSA) is 66.9 Å². The molecule has 4 rings (SSSR count). The zero-order valence-electron chi connectivity index (χ0n) is 17.5. The smallest absolute Gasteiger partial charge is 0.245 e. The van der Waals surface area contributed by atoms with Crippen LogP contribution in [-0.4, -0.2) is 56.8 Å². The van der Waals surface area contributed by atoms with Gasteiger partial charge in [-0.15, -0.1) is 0 Å². The molecule has 2 aliphatic rings. The standard InChI is InChI=1S/C23H27FN2O4S/c1-30-20-8-6-17(7-9-20)19-10-13-25(16-19)23(27)18-11-14-26(15-12-18)31(28,29)22-5-3-2-4-21(22)24/h2-9,18-19H,10-16H2,1H3. The Morgan fingerprint density at radius 2 is 1.68 bits per heavy atom. The van der Waals surface area contributed by atoms with Crippen molar-refractivity contribution in [2.45, 2.75) is 30.1 Å². The van der Waals surface area contributed by atoms with E-state index < -0.39 is 15.8 Å². The molecule has 0 radical (unpaired) electrons. The summed E-state index contributed by atoms with van der Waals surface area (Å²) in [6.07, 6.45) is 1.82. The molecule has 0 aliphatic carbocycles. The van der Waals surface area contributed by atoms with Crippen LogP contribution < -0.4 is 4.74 Å². The summed E-state index contributed by atoms with van der Waals surface area (Å²) in [7, 11) is -2.25. The van der Waals surface area contributed by atoms with E-state index in [0.29, 0.717) is 31.8 Å². The van der Waals surface area contributed by atoms with Gasteiger partial charge in [-0.2, -0.15) is 4.31 Å². The van der Waals surface area contributed by atoms with E-state index in [2.05, 4.69) is 0 Å². The summed E-state index contributed by atoms with van der Waals surface area (Å²) < 4.78 is 46.0. The zero-order valence-corrected chi connectivity index (χ0v) is 18.4. The quantitative estimate of drug-likeness (QED) is 0.707. The number of benzene rings is 2. The number of halogens is 1. The molecule has 0 aromatic heterocycles. The molecule has 6 nitrogen and oxygen atoms in total. The van der Waals surface area contributed by atoms with Crippen LogP contribution in [0.5, 0.6) is 5.75 Å². The van der Waals surface area contributed by atoms with Crippen LogP contribution in [0.4, 0.5) is 4.39 Å². The fourth-order valence-corrected chi connectivity index (χ4v) is 6.04. The Hall–Kier alpha value is -2.45. The van der Waals surface area contributed by atoms with Gasteiger partial charge in [0.15, 0.2) is 0 Å². The maximum absolute atomic E-state index is 14.0. The molecule has 31 heavy (non-hydrogen) atoms. The number of nitrogens with zero attached hydrogens (tertiary/aromatic N) is 2. The van der Waals surface area contributed by atoms with E-state index in [1.807, 2.05) is 29.2 Å². The average molecular weight is 447 g/mol. The van der Waals surface area contributed by atoms with Crippen molar-refractivity contribution in [1.82, 2.24) is 9.21 Å². The van der Waals surface area contributed by atoms with Crippen LogP contribution in [0.2, 0.25) is 0 Å². The van der Waals surface area contributed by atoms with Gasteiger partial charge in [-0.1, -0.05) is 24.3 Å². The Morgan fingerprint density at radius 1 is 1.00 bits per heavy atom. The van der Waals surface area contributed by atoms with E-state index in [-0.39, 0.29) is 29.8 Å². The fraction of sp³-hybridized carbons (Fsp3) is 0.435. The second-order valence-electron chi connectivity index (χ2n) is 8.15. The summed E-state index contributed by atoms with van der Waals surface area (Å²) in [5, 5.41) is 0. The molecule has 0 spiro atoms. The third kappa shape index (κ3) is 4.45. The Morgan fingerprint density at radius 3 is 2.32 bits per heavy atom. The first-order chi connectivity index (χ1) is 14.9. The largest absolute Gasteiger partial charge is 0.497 e. The second kappa shape index (κ2) is 8.96. The Kier molecular flexibility index (Phi) is 6.29. The van der Waals surface area contributed by atoms with Crippen molar-refractivity contribution in [2.24, 2.45) is 5.92 Å². The lowest BCUT2D eigenvalue weighted by Gasteiger charge is -2.32. The third-order valence-corrected chi connectivity index (χ3v) is 8.28. The number of sulfonamides is 1. The predicted octanol–water partition coefficient (Wildman–Crippen LogP) is 3.25. The molecule has 2 saturated heterocycles. The van der Waals surface area contributed by atoms with Gasteiger partial charge in [0, 0.05) is 38.0 Å². The SMILES string of the molecule is COc1ccc(C2CCN(C(=O)C3CCN(S(=O)(=O)c4ccccc4F)CC3)C2)cc1. The zero-order chi connectivity index (χ0) is 22.0. The number of hydrogen-bond acceptors (Lipinski definition) is 4. The summed E-state index contributed by atoms with van der Waals surface area (Å²) in [6.45, 7) is 1.84. The molecule has 1 atom stereocenters. The van der Waals surface area contributed by atoms with Crippen LogP contribution >= 0.6 is 0 Å². The molecule has 0 N–H and O–H groups in total. The highest BCUT2D eigenvalue weighted by molar-refractivity contribution is 7.89. The van der Waals surface area contributed by atoms with Crippen LogP contribution in [0.1, 0.15) is 30.7 Å². The van der Waals surface area contributed by atoms with Crippen molar-refractivity contribution in [3.05, 3.63) is 59.9 Å². The number of carbonyl (C=O) groups is 1. The van der Waals surface area contributed by atoms with Crippen molar-refractivity contribution in [3.63, 3.8) is 0 Å². The van der Waals surface area contributed by atoms with Gasteiger partial charge in [-0.25, -0.2) is 12.8 Å². The van der Waals surface area contributed by atoms with E-state index in [1.165, 1.54) is 28.1 Å². The van der Waals surface area contributed by atoms with Gasteiger partial charge in [-0.05, 0) is 49.1 Å². The molecule has 2 aromatic rings. The molecule has 8 heteroatoms. The van der Waals surface area contributed by atoms with Gasteiger partial charge in [0.05, 0.1) is 7.11 Å². The number of methoxy groups -OCH3 is 1. The predicted molar refractivity (Wildman–Crippen MR) is 115 cm³/mol. The van der Waals surface area contributed by atoms with Crippen LogP contribution in [0.15, 0.2) is 53.4 Å². The summed E-state index contributed by atoms with van der Waals surface area (Å²) in [6, 6.07) is 13.4. The van der Waals surface area contributed by atoms with Crippen LogP contribution in [0, 0.1) is 11.7 Å². The van der Waals surface area contributed by atoms with Gasteiger partial charge in [0.1, 0.15) is 16.5 Å². The fourth-order valence-electron chi connectivity index (χ4n) is 4.50. The van der Waals surface area contributed by atoms with Crippen molar-refractivity contribution in [1.29, 1.82) is 0 Å². The lowest BCUT2D eigenvalue weighted by molar-refractivity contribution is -0.135. The molecule has 2 aromatic carbocycles. The number of ether oxygens (including phenoxy) is 1. The number of rotatable bonds is 5. The minimum Gasteiger partial charge on any atom is -0.497 e. The van der Waals surface area contributed by atoms with E-state index in [1.54, 1.807) is 7.11 Å². The minimum atomic E-state index is -3.89. The number of carbonyl (C=O) groups excluding carboxylic acids is 1. The minimum absolute atomic E-state index is 0.0963. The first-order valence-corrected chi connectivity index (χ1v) is 12.0. The second-order valence-corrected chi connectivity index (χ2v) is 10.1. The van der Waals surface area contributed by atoms with Crippen LogP contribution in [0.25, 0.3) is 0 Å². The molecule has 2 aliphatic heterocycles. The highest BCUT2D eigenvalue weighted by Crippen LogP contribution is 2.32. The molecule has 1 amide bonds. The Labute approximate surface area is 182 Å². The first kappa shape index (κ1) is 21.8. The van der Waals surface area contributed by atoms with E-state index in [0.717, 1.165) is 18.2 Å². The average Bonchev–Trinajstić information content (AvgIpc) is 3.29. The van der Waals surface area contributed by atoms with Gasteiger partial charge in [-0.3, -0.25) is 4.79 Å². The van der Waals surface area contributed by atoms with Gasteiger partial charge in [0.2, 0.25) is 15.9 Å². The lowest BCUT2D eigenvalue weighted by atomic mass is 9.96. The summed E-state index contributed by atoms with van der Waals surface area (Å²) in [5.41, 5.74) is 1.20. The summed E-state index contributed by atoms with van der Waals surface area (Å²) >= 11 is 0. The summed E-state index contributed by atoms with van der Waals surface area (Å²) in [5.74, 6) is 0.270. The third-order valence-electron chi connectivity index (χ3n) is 6.34. The highest BCUT2D eigenvalue weighted by Gasteiger charge is 2.36. The summed E-state index contributed by atoms with van der Waals surface area (Å²) in [4.78, 5) is 14.6. The van der Waals surface area contributed by atoms with Gasteiger partial charge < -0.3 is 9.64 Å². The van der Waals surface area contributed by atoms with Crippen molar-refractivity contribution in [2.75, 3.05) is 33.3 Å². The molecule has 0 bridgehead atoms. The normalized spacial score (nSPS) is 20.7. The van der Waals surface area contributed by atoms with E-state index >= 15 is 0 Å². The Balaban J connectivity index is 1.35. The number of piperidine rings is 1. The lowest BCUT2D eigenvalue weighted by Crippen LogP contribution is -2.44. The van der Waals surface area contributed by atoms with E-state index in [9.17, 15) is 17.6 Å².